The number of fused-ring (bicyclic) bond motifs is 5. The predicted octanol–water partition coefficient (Wildman–Crippen LogP) is 7.47. The van der Waals surface area contributed by atoms with Gasteiger partial charge < -0.3 is 24.7 Å². The molecule has 12 heteroatoms. The lowest BCUT2D eigenvalue weighted by molar-refractivity contribution is -0.139. The molecule has 0 amide bonds. The van der Waals surface area contributed by atoms with Gasteiger partial charge in [0.15, 0.2) is 5.65 Å². The number of pyridine rings is 2. The van der Waals surface area contributed by atoms with Crippen LogP contribution in [0.4, 0.5) is 18.9 Å². The lowest BCUT2D eigenvalue weighted by Crippen LogP contribution is -2.43. The highest BCUT2D eigenvalue weighted by Gasteiger charge is 2.35. The molecule has 0 spiro atoms. The van der Waals surface area contributed by atoms with Gasteiger partial charge in [-0.1, -0.05) is 48.5 Å². The van der Waals surface area contributed by atoms with Gasteiger partial charge in [-0.15, -0.1) is 0 Å². The quantitative estimate of drug-likeness (QED) is 0.159. The Morgan fingerprint density at radius 3 is 2.37 bits per heavy atom. The molecule has 0 bridgehead atoms. The first kappa shape index (κ1) is 33.3. The van der Waals surface area contributed by atoms with Crippen molar-refractivity contribution in [1.82, 2.24) is 25.1 Å². The van der Waals surface area contributed by atoms with E-state index in [1.165, 1.54) is 12.1 Å². The third kappa shape index (κ3) is 6.19. The molecule has 4 heterocycles. The smallest absolute Gasteiger partial charge is 0.419 e. The Balaban J connectivity index is 1.35. The summed E-state index contributed by atoms with van der Waals surface area (Å²) in [6.45, 7) is 5.50. The number of alkyl halides is 3. The third-order valence-electron chi connectivity index (χ3n) is 9.57. The summed E-state index contributed by atoms with van der Waals surface area (Å²) in [6.07, 6.45) is -4.74. The summed E-state index contributed by atoms with van der Waals surface area (Å²) in [4.78, 5) is 24.4. The number of H-pyrrole nitrogens is 1. The number of aryl methyl sites for hydroxylation is 1. The fourth-order valence-corrected chi connectivity index (χ4v) is 7.01. The van der Waals surface area contributed by atoms with Crippen LogP contribution in [0.1, 0.15) is 22.4 Å². The number of ether oxygens (including phenoxy) is 2. The molecule has 8 rings (SSSR count). The number of nitrogens with zero attached hydrogens (tertiary/aromatic N) is 4. The van der Waals surface area contributed by atoms with Gasteiger partial charge in [-0.05, 0) is 60.5 Å². The van der Waals surface area contributed by atoms with E-state index in [4.69, 9.17) is 19.6 Å². The molecule has 0 radical (unpaired) electrons. The SMILES string of the molecule is COc1ccc(Cn2nc(C)c3c4c(c(-c5ccc(OCc6ccccc6)c(C(F)(F)F)c5)nc32)c(=O)[nH]c2cc(N3CCNCC3)ccc24)cc1. The minimum absolute atomic E-state index is 0.0399. The first-order valence-corrected chi connectivity index (χ1v) is 17.0. The molecule has 264 valence electrons. The second kappa shape index (κ2) is 13.3. The average Bonchev–Trinajstić information content (AvgIpc) is 3.48. The summed E-state index contributed by atoms with van der Waals surface area (Å²) in [5, 5.41) is 10.4. The van der Waals surface area contributed by atoms with Crippen LogP contribution in [0.5, 0.6) is 11.5 Å². The maximum Gasteiger partial charge on any atom is 0.419 e. The molecular formula is C40H35F3N6O3. The van der Waals surface area contributed by atoms with Crippen molar-refractivity contribution in [3.8, 4) is 22.8 Å². The van der Waals surface area contributed by atoms with Crippen molar-refractivity contribution in [2.75, 3.05) is 38.2 Å². The largest absolute Gasteiger partial charge is 0.497 e. The van der Waals surface area contributed by atoms with Gasteiger partial charge in [0, 0.05) is 48.2 Å². The minimum Gasteiger partial charge on any atom is -0.497 e. The lowest BCUT2D eigenvalue weighted by Gasteiger charge is -2.29. The molecule has 0 unspecified atom stereocenters. The summed E-state index contributed by atoms with van der Waals surface area (Å²) in [5.74, 6) is 0.393. The van der Waals surface area contributed by atoms with Crippen molar-refractivity contribution in [3.05, 3.63) is 124 Å². The van der Waals surface area contributed by atoms with Crippen molar-refractivity contribution in [3.63, 3.8) is 0 Å². The van der Waals surface area contributed by atoms with Gasteiger partial charge >= 0.3 is 6.18 Å². The Kier molecular flexibility index (Phi) is 8.54. The van der Waals surface area contributed by atoms with Crippen LogP contribution in [0.3, 0.4) is 0 Å². The van der Waals surface area contributed by atoms with Crippen molar-refractivity contribution in [2.24, 2.45) is 0 Å². The highest BCUT2D eigenvalue weighted by Crippen LogP contribution is 2.42. The van der Waals surface area contributed by atoms with E-state index in [2.05, 4.69) is 15.2 Å². The number of hydrogen-bond acceptors (Lipinski definition) is 7. The molecule has 1 saturated heterocycles. The normalized spacial score (nSPS) is 13.7. The number of piperazine rings is 1. The molecule has 3 aromatic heterocycles. The topological polar surface area (TPSA) is 97.3 Å². The number of aromatic nitrogens is 4. The number of benzene rings is 4. The second-order valence-electron chi connectivity index (χ2n) is 12.9. The molecule has 1 aliphatic rings. The molecule has 1 aliphatic heterocycles. The van der Waals surface area contributed by atoms with Crippen molar-refractivity contribution >= 4 is 38.4 Å². The molecular weight excluding hydrogens is 669 g/mol. The van der Waals surface area contributed by atoms with Crippen molar-refractivity contribution in [2.45, 2.75) is 26.3 Å². The molecule has 7 aromatic rings. The molecule has 0 saturated carbocycles. The van der Waals surface area contributed by atoms with E-state index in [-0.39, 0.29) is 29.0 Å². The van der Waals surface area contributed by atoms with E-state index < -0.39 is 17.3 Å². The predicted molar refractivity (Wildman–Crippen MR) is 196 cm³/mol. The van der Waals surface area contributed by atoms with Gasteiger partial charge in [0.05, 0.1) is 46.9 Å². The zero-order valence-electron chi connectivity index (χ0n) is 28.6. The lowest BCUT2D eigenvalue weighted by atomic mass is 9.97. The minimum atomic E-state index is -4.74. The Morgan fingerprint density at radius 2 is 1.63 bits per heavy atom. The standard InChI is InChI=1S/C40H35F3N6O3/c1-24-34-35-30-14-11-28(48-18-16-44-17-19-48)21-32(30)45-39(50)36(35)37(46-38(34)49(47-24)22-25-8-12-29(51-2)13-9-25)27-10-15-33(31(20-27)40(41,42)43)52-23-26-6-4-3-5-7-26/h3-15,20-21,44H,16-19,22-23H2,1-2H3,(H,45,50). The number of aromatic amines is 1. The molecule has 4 aromatic carbocycles. The summed E-state index contributed by atoms with van der Waals surface area (Å²) >= 11 is 0. The van der Waals surface area contributed by atoms with Gasteiger partial charge in [0.1, 0.15) is 18.1 Å². The van der Waals surface area contributed by atoms with Crippen molar-refractivity contribution in [1.29, 1.82) is 0 Å². The molecule has 0 atom stereocenters. The monoisotopic (exact) mass is 704 g/mol. The summed E-state index contributed by atoms with van der Waals surface area (Å²) in [6, 6.07) is 26.3. The summed E-state index contributed by atoms with van der Waals surface area (Å²) in [7, 11) is 1.60. The fourth-order valence-electron chi connectivity index (χ4n) is 7.01. The second-order valence-corrected chi connectivity index (χ2v) is 12.9. The highest BCUT2D eigenvalue weighted by atomic mass is 19.4. The van der Waals surface area contributed by atoms with Crippen LogP contribution in [0.2, 0.25) is 0 Å². The van der Waals surface area contributed by atoms with E-state index >= 15 is 0 Å². The maximum atomic E-state index is 14.7. The Labute approximate surface area is 296 Å². The summed E-state index contributed by atoms with van der Waals surface area (Å²) in [5.41, 5.74) is 3.18. The van der Waals surface area contributed by atoms with Crippen molar-refractivity contribution < 1.29 is 22.6 Å². The third-order valence-corrected chi connectivity index (χ3v) is 9.57. The molecule has 1 fully saturated rings. The Hall–Kier alpha value is -5.88. The summed E-state index contributed by atoms with van der Waals surface area (Å²) < 4.78 is 56.8. The van der Waals surface area contributed by atoms with Crippen LogP contribution >= 0.6 is 0 Å². The van der Waals surface area contributed by atoms with Gasteiger partial charge in [-0.2, -0.15) is 18.3 Å². The van der Waals surface area contributed by atoms with Gasteiger partial charge in [0.25, 0.3) is 5.56 Å². The maximum absolute atomic E-state index is 14.7. The van der Waals surface area contributed by atoms with Gasteiger partial charge in [-0.25, -0.2) is 9.67 Å². The van der Waals surface area contributed by atoms with Gasteiger partial charge in [0.2, 0.25) is 0 Å². The van der Waals surface area contributed by atoms with Crippen LogP contribution in [-0.2, 0) is 19.3 Å². The van der Waals surface area contributed by atoms with Crippen LogP contribution in [0, 0.1) is 6.92 Å². The number of hydrogen-bond donors (Lipinski definition) is 2. The number of rotatable bonds is 8. The van der Waals surface area contributed by atoms with Crippen LogP contribution in [0.25, 0.3) is 44.0 Å². The van der Waals surface area contributed by atoms with Crippen LogP contribution in [-0.4, -0.2) is 53.0 Å². The molecule has 52 heavy (non-hydrogen) atoms. The molecule has 2 N–H and O–H groups in total. The van der Waals surface area contributed by atoms with Crippen LogP contribution < -0.4 is 25.2 Å². The fraction of sp³-hybridized carbons (Fsp3) is 0.225. The number of nitrogens with one attached hydrogen (secondary N) is 2. The Bertz CT molecular complexity index is 2490. The van der Waals surface area contributed by atoms with E-state index in [1.54, 1.807) is 36.1 Å². The highest BCUT2D eigenvalue weighted by molar-refractivity contribution is 6.21. The number of anilines is 1. The van der Waals surface area contributed by atoms with Gasteiger partial charge in [-0.3, -0.25) is 4.79 Å². The number of methoxy groups -OCH3 is 1. The first-order valence-electron chi connectivity index (χ1n) is 17.0. The zero-order chi connectivity index (χ0) is 36.0. The molecule has 9 nitrogen and oxygen atoms in total. The Morgan fingerprint density at radius 1 is 0.865 bits per heavy atom. The number of halogens is 3. The van der Waals surface area contributed by atoms with E-state index in [0.717, 1.165) is 54.4 Å². The first-order chi connectivity index (χ1) is 25.2. The zero-order valence-corrected chi connectivity index (χ0v) is 28.6. The average molecular weight is 705 g/mol. The van der Waals surface area contributed by atoms with Crippen LogP contribution in [0.15, 0.2) is 95.8 Å². The molecule has 0 aliphatic carbocycles. The van der Waals surface area contributed by atoms with E-state index in [9.17, 15) is 18.0 Å². The van der Waals surface area contributed by atoms with E-state index in [0.29, 0.717) is 39.9 Å². The van der Waals surface area contributed by atoms with E-state index in [1.807, 2.05) is 55.5 Å².